The Morgan fingerprint density at radius 3 is 2.63 bits per heavy atom. The number of nitrogens with two attached hydrogens (primary N) is 1. The minimum absolute atomic E-state index is 0.0663. The second-order valence-electron chi connectivity index (χ2n) is 5.98. The van der Waals surface area contributed by atoms with Gasteiger partial charge in [-0.05, 0) is 48.9 Å². The van der Waals surface area contributed by atoms with Gasteiger partial charge in [0.1, 0.15) is 17.4 Å². The van der Waals surface area contributed by atoms with Crippen molar-refractivity contribution in [3.8, 4) is 29.0 Å². The van der Waals surface area contributed by atoms with Crippen molar-refractivity contribution >= 4 is 0 Å². The first kappa shape index (κ1) is 16.7. The van der Waals surface area contributed by atoms with Crippen LogP contribution in [-0.4, -0.2) is 21.8 Å². The van der Waals surface area contributed by atoms with Gasteiger partial charge in [-0.2, -0.15) is 5.26 Å². The van der Waals surface area contributed by atoms with Crippen molar-refractivity contribution in [2.45, 2.75) is 12.8 Å². The summed E-state index contributed by atoms with van der Waals surface area (Å²) >= 11 is 0. The van der Waals surface area contributed by atoms with Crippen molar-refractivity contribution in [1.29, 1.82) is 5.26 Å². The summed E-state index contributed by atoms with van der Waals surface area (Å²) < 4.78 is 11.1. The first-order valence-corrected chi connectivity index (χ1v) is 8.52. The Kier molecular flexibility index (Phi) is 4.22. The van der Waals surface area contributed by atoms with Crippen molar-refractivity contribution in [2.24, 2.45) is 5.73 Å². The number of hydrogen-bond donors (Lipinski definition) is 2. The SMILES string of the molecule is CCOc1ccc(-c2[nH]nc3c2C(c2ccncc2)C(C#N)=C(N)O3)cc1. The Balaban J connectivity index is 1.86. The van der Waals surface area contributed by atoms with Gasteiger partial charge < -0.3 is 15.2 Å². The highest BCUT2D eigenvalue weighted by Gasteiger charge is 2.35. The van der Waals surface area contributed by atoms with Crippen molar-refractivity contribution in [2.75, 3.05) is 6.61 Å². The zero-order valence-electron chi connectivity index (χ0n) is 14.6. The van der Waals surface area contributed by atoms with Crippen LogP contribution >= 0.6 is 0 Å². The van der Waals surface area contributed by atoms with Gasteiger partial charge in [-0.15, -0.1) is 5.10 Å². The Bertz CT molecular complexity index is 1030. The number of fused-ring (bicyclic) bond motifs is 1. The van der Waals surface area contributed by atoms with E-state index in [9.17, 15) is 5.26 Å². The van der Waals surface area contributed by atoms with Gasteiger partial charge in [0, 0.05) is 18.0 Å². The highest BCUT2D eigenvalue weighted by molar-refractivity contribution is 5.71. The fourth-order valence-corrected chi connectivity index (χ4v) is 3.24. The topological polar surface area (TPSA) is 110 Å². The summed E-state index contributed by atoms with van der Waals surface area (Å²) in [5, 5.41) is 17.0. The monoisotopic (exact) mass is 359 g/mol. The quantitative estimate of drug-likeness (QED) is 0.741. The van der Waals surface area contributed by atoms with Crippen LogP contribution in [0, 0.1) is 11.3 Å². The fraction of sp³-hybridized carbons (Fsp3) is 0.150. The van der Waals surface area contributed by atoms with E-state index in [0.29, 0.717) is 18.1 Å². The molecule has 1 aliphatic rings. The summed E-state index contributed by atoms with van der Waals surface area (Å²) in [7, 11) is 0. The van der Waals surface area contributed by atoms with Crippen LogP contribution in [0.15, 0.2) is 60.2 Å². The number of aromatic amines is 1. The average molecular weight is 359 g/mol. The number of hydrogen-bond acceptors (Lipinski definition) is 6. The number of nitriles is 1. The van der Waals surface area contributed by atoms with Crippen LogP contribution in [0.4, 0.5) is 0 Å². The molecule has 1 aromatic carbocycles. The van der Waals surface area contributed by atoms with E-state index >= 15 is 0 Å². The molecule has 1 atom stereocenters. The average Bonchev–Trinajstić information content (AvgIpc) is 3.11. The van der Waals surface area contributed by atoms with Crippen LogP contribution in [0.25, 0.3) is 11.3 Å². The zero-order valence-corrected chi connectivity index (χ0v) is 14.6. The van der Waals surface area contributed by atoms with Gasteiger partial charge in [-0.25, -0.2) is 0 Å². The van der Waals surface area contributed by atoms with E-state index < -0.39 is 0 Å². The molecular weight excluding hydrogens is 342 g/mol. The molecule has 3 aromatic rings. The molecule has 134 valence electrons. The molecule has 0 saturated carbocycles. The molecule has 0 fully saturated rings. The van der Waals surface area contributed by atoms with E-state index in [0.717, 1.165) is 28.1 Å². The number of rotatable bonds is 4. The Morgan fingerprint density at radius 1 is 1.22 bits per heavy atom. The van der Waals surface area contributed by atoms with Crippen LogP contribution in [0.1, 0.15) is 24.0 Å². The largest absolute Gasteiger partial charge is 0.494 e. The molecule has 0 aliphatic carbocycles. The summed E-state index contributed by atoms with van der Waals surface area (Å²) in [4.78, 5) is 4.06. The summed E-state index contributed by atoms with van der Waals surface area (Å²) in [5.74, 6) is 0.842. The highest BCUT2D eigenvalue weighted by Crippen LogP contribution is 2.45. The lowest BCUT2D eigenvalue weighted by Crippen LogP contribution is -2.21. The summed E-state index contributed by atoms with van der Waals surface area (Å²) in [6.45, 7) is 2.54. The lowest BCUT2D eigenvalue weighted by Gasteiger charge is -2.24. The van der Waals surface area contributed by atoms with Crippen molar-refractivity contribution < 1.29 is 9.47 Å². The van der Waals surface area contributed by atoms with E-state index in [2.05, 4.69) is 21.3 Å². The first-order valence-electron chi connectivity index (χ1n) is 8.52. The summed E-state index contributed by atoms with van der Waals surface area (Å²) in [6.07, 6.45) is 3.37. The standard InChI is InChI=1S/C20H17N5O2/c1-2-26-14-5-3-13(4-6-14)18-17-16(12-7-9-23-10-8-12)15(11-21)19(22)27-20(17)25-24-18/h3-10,16H,2,22H2,1H3,(H,24,25). The van der Waals surface area contributed by atoms with Gasteiger partial charge >= 0.3 is 0 Å². The van der Waals surface area contributed by atoms with E-state index in [-0.39, 0.29) is 11.8 Å². The molecule has 0 amide bonds. The molecule has 0 radical (unpaired) electrons. The molecule has 3 N–H and O–H groups in total. The predicted molar refractivity (Wildman–Crippen MR) is 98.7 cm³/mol. The van der Waals surface area contributed by atoms with Gasteiger partial charge in [-0.1, -0.05) is 0 Å². The van der Waals surface area contributed by atoms with Crippen molar-refractivity contribution in [3.63, 3.8) is 0 Å². The summed E-state index contributed by atoms with van der Waals surface area (Å²) in [6, 6.07) is 13.6. The number of ether oxygens (including phenoxy) is 2. The normalized spacial score (nSPS) is 15.6. The van der Waals surface area contributed by atoms with E-state index in [4.69, 9.17) is 15.2 Å². The Morgan fingerprint density at radius 2 is 1.96 bits per heavy atom. The zero-order chi connectivity index (χ0) is 18.8. The first-order chi connectivity index (χ1) is 13.2. The molecule has 0 saturated heterocycles. The Hall–Kier alpha value is -3.79. The minimum atomic E-state index is -0.387. The molecule has 0 spiro atoms. The molecule has 3 heterocycles. The van der Waals surface area contributed by atoms with Gasteiger partial charge in [0.25, 0.3) is 0 Å². The van der Waals surface area contributed by atoms with Crippen LogP contribution in [0.3, 0.4) is 0 Å². The van der Waals surface area contributed by atoms with E-state index in [1.165, 1.54) is 0 Å². The van der Waals surface area contributed by atoms with Gasteiger partial charge in [0.05, 0.1) is 23.8 Å². The number of nitrogens with one attached hydrogen (secondary N) is 1. The van der Waals surface area contributed by atoms with Crippen LogP contribution in [0.2, 0.25) is 0 Å². The minimum Gasteiger partial charge on any atom is -0.494 e. The Labute approximate surface area is 156 Å². The molecule has 2 aromatic heterocycles. The molecule has 27 heavy (non-hydrogen) atoms. The van der Waals surface area contributed by atoms with E-state index in [1.807, 2.05) is 43.3 Å². The van der Waals surface area contributed by atoms with Gasteiger partial charge in [0.15, 0.2) is 0 Å². The second-order valence-corrected chi connectivity index (χ2v) is 5.98. The number of H-pyrrole nitrogens is 1. The molecule has 7 nitrogen and oxygen atoms in total. The third-order valence-corrected chi connectivity index (χ3v) is 4.43. The molecule has 1 unspecified atom stereocenters. The number of nitrogens with zero attached hydrogens (tertiary/aromatic N) is 3. The molecule has 0 bridgehead atoms. The second kappa shape index (κ2) is 6.84. The smallest absolute Gasteiger partial charge is 0.244 e. The van der Waals surface area contributed by atoms with Crippen LogP contribution in [0.5, 0.6) is 11.6 Å². The number of benzene rings is 1. The van der Waals surface area contributed by atoms with Gasteiger partial charge in [-0.3, -0.25) is 10.1 Å². The maximum atomic E-state index is 9.68. The number of pyridine rings is 1. The molecule has 4 rings (SSSR count). The maximum absolute atomic E-state index is 9.68. The van der Waals surface area contributed by atoms with E-state index in [1.54, 1.807) is 12.4 Å². The molecule has 7 heteroatoms. The third kappa shape index (κ3) is 2.87. The number of allylic oxidation sites excluding steroid dienone is 1. The highest BCUT2D eigenvalue weighted by atomic mass is 16.5. The third-order valence-electron chi connectivity index (χ3n) is 4.43. The maximum Gasteiger partial charge on any atom is 0.244 e. The molecule has 1 aliphatic heterocycles. The van der Waals surface area contributed by atoms with Crippen molar-refractivity contribution in [3.05, 3.63) is 71.4 Å². The summed E-state index contributed by atoms with van der Waals surface area (Å²) in [5.41, 5.74) is 9.68. The number of aromatic nitrogens is 3. The van der Waals surface area contributed by atoms with Crippen molar-refractivity contribution in [1.82, 2.24) is 15.2 Å². The van der Waals surface area contributed by atoms with Crippen LogP contribution in [-0.2, 0) is 0 Å². The molecular formula is C20H17N5O2. The predicted octanol–water partition coefficient (Wildman–Crippen LogP) is 3.09. The lowest BCUT2D eigenvalue weighted by molar-refractivity contribution is 0.340. The van der Waals surface area contributed by atoms with Crippen LogP contribution < -0.4 is 15.2 Å². The fourth-order valence-electron chi connectivity index (χ4n) is 3.24. The lowest BCUT2D eigenvalue weighted by atomic mass is 9.83. The van der Waals surface area contributed by atoms with Gasteiger partial charge in [0.2, 0.25) is 11.8 Å².